The molecule has 0 spiro atoms. The minimum absolute atomic E-state index is 0.0758. The molecule has 0 saturated carbocycles. The van der Waals surface area contributed by atoms with Crippen LogP contribution in [0.2, 0.25) is 0 Å². The predicted molar refractivity (Wildman–Crippen MR) is 78.7 cm³/mol. The minimum Gasteiger partial charge on any atom is -0.493 e. The molecule has 0 bridgehead atoms. The van der Waals surface area contributed by atoms with Gasteiger partial charge in [0, 0.05) is 11.6 Å². The number of carboxylic acids is 1. The van der Waals surface area contributed by atoms with Gasteiger partial charge in [0.25, 0.3) is 5.69 Å². The lowest BCUT2D eigenvalue weighted by atomic mass is 9.88. The molecule has 0 aliphatic heterocycles. The van der Waals surface area contributed by atoms with Gasteiger partial charge >= 0.3 is 5.97 Å². The largest absolute Gasteiger partial charge is 0.493 e. The fourth-order valence-electron chi connectivity index (χ4n) is 1.93. The molecule has 21 heavy (non-hydrogen) atoms. The first-order valence-corrected chi connectivity index (χ1v) is 6.77. The Balaban J connectivity index is 2.63. The summed E-state index contributed by atoms with van der Waals surface area (Å²) in [5.41, 5.74) is 0.548. The molecule has 1 N–H and O–H groups in total. The van der Waals surface area contributed by atoms with E-state index in [2.05, 4.69) is 0 Å². The van der Waals surface area contributed by atoms with Crippen molar-refractivity contribution >= 4 is 11.7 Å². The number of nitrogens with zero attached hydrogens (tertiary/aromatic N) is 1. The summed E-state index contributed by atoms with van der Waals surface area (Å²) in [6.07, 6.45) is 1.11. The van der Waals surface area contributed by atoms with E-state index in [0.717, 1.165) is 0 Å². The first-order valence-electron chi connectivity index (χ1n) is 6.77. The third kappa shape index (κ3) is 4.44. The summed E-state index contributed by atoms with van der Waals surface area (Å²) in [5.74, 6) is -0.226. The topological polar surface area (TPSA) is 89.7 Å². The van der Waals surface area contributed by atoms with Crippen molar-refractivity contribution in [3.8, 4) is 5.75 Å². The normalized spacial score (nSPS) is 11.2. The van der Waals surface area contributed by atoms with Crippen LogP contribution in [0, 0.1) is 29.4 Å². The fourth-order valence-corrected chi connectivity index (χ4v) is 1.93. The van der Waals surface area contributed by atoms with E-state index in [1.54, 1.807) is 33.8 Å². The Morgan fingerprint density at radius 1 is 1.33 bits per heavy atom. The molecule has 6 nitrogen and oxygen atoms in total. The molecule has 0 aliphatic carbocycles. The van der Waals surface area contributed by atoms with Crippen molar-refractivity contribution in [2.45, 2.75) is 40.5 Å². The van der Waals surface area contributed by atoms with Crippen molar-refractivity contribution in [2.75, 3.05) is 6.61 Å². The lowest BCUT2D eigenvalue weighted by Gasteiger charge is -2.19. The van der Waals surface area contributed by atoms with Crippen LogP contribution in [-0.2, 0) is 4.79 Å². The first kappa shape index (κ1) is 16.9. The number of nitro groups is 1. The number of hydrogen-bond acceptors (Lipinski definition) is 4. The van der Waals surface area contributed by atoms with Crippen LogP contribution in [0.4, 0.5) is 5.69 Å². The monoisotopic (exact) mass is 295 g/mol. The van der Waals surface area contributed by atoms with Gasteiger partial charge in [-0.25, -0.2) is 0 Å². The highest BCUT2D eigenvalue weighted by molar-refractivity contribution is 5.73. The van der Waals surface area contributed by atoms with Gasteiger partial charge in [0.1, 0.15) is 5.75 Å². The average molecular weight is 295 g/mol. The Bertz CT molecular complexity index is 551. The quantitative estimate of drug-likeness (QED) is 0.472. The van der Waals surface area contributed by atoms with Gasteiger partial charge in [-0.2, -0.15) is 0 Å². The zero-order chi connectivity index (χ0) is 16.2. The summed E-state index contributed by atoms with van der Waals surface area (Å²) in [7, 11) is 0. The lowest BCUT2D eigenvalue weighted by molar-refractivity contribution is -0.385. The molecule has 0 amide bonds. The highest BCUT2D eigenvalue weighted by atomic mass is 16.6. The van der Waals surface area contributed by atoms with E-state index in [-0.39, 0.29) is 5.69 Å². The van der Waals surface area contributed by atoms with Crippen LogP contribution >= 0.6 is 0 Å². The Kier molecular flexibility index (Phi) is 5.29. The first-order chi connectivity index (χ1) is 9.65. The maximum absolute atomic E-state index is 11.0. The highest BCUT2D eigenvalue weighted by Crippen LogP contribution is 2.28. The smallest absolute Gasteiger partial charge is 0.309 e. The van der Waals surface area contributed by atoms with Crippen molar-refractivity contribution in [3.63, 3.8) is 0 Å². The summed E-state index contributed by atoms with van der Waals surface area (Å²) in [6.45, 7) is 7.16. The molecule has 0 radical (unpaired) electrons. The van der Waals surface area contributed by atoms with Crippen LogP contribution in [0.1, 0.15) is 37.8 Å². The van der Waals surface area contributed by atoms with E-state index >= 15 is 0 Å². The van der Waals surface area contributed by atoms with Gasteiger partial charge in [0.2, 0.25) is 0 Å². The van der Waals surface area contributed by atoms with Gasteiger partial charge < -0.3 is 9.84 Å². The Labute approximate surface area is 123 Å². The van der Waals surface area contributed by atoms with Gasteiger partial charge in [-0.1, -0.05) is 0 Å². The molecule has 0 heterocycles. The van der Waals surface area contributed by atoms with Crippen LogP contribution in [0.5, 0.6) is 5.75 Å². The minimum atomic E-state index is -0.829. The number of nitro benzene ring substituents is 1. The molecule has 0 fully saturated rings. The molecule has 116 valence electrons. The van der Waals surface area contributed by atoms with Gasteiger partial charge in [0.05, 0.1) is 16.9 Å². The molecule has 1 aromatic rings. The molecule has 0 aliphatic rings. The average Bonchev–Trinajstić information content (AvgIpc) is 2.37. The molecular weight excluding hydrogens is 274 g/mol. The van der Waals surface area contributed by atoms with E-state index in [9.17, 15) is 14.9 Å². The standard InChI is InChI=1S/C15H21NO5/c1-10-9-13(11(2)8-12(10)16(19)20)21-7-5-6-15(3,4)14(17)18/h8-9H,5-7H2,1-4H3,(H,17,18). The second-order valence-electron chi connectivity index (χ2n) is 5.80. The van der Waals surface area contributed by atoms with Gasteiger partial charge in [-0.15, -0.1) is 0 Å². The number of aliphatic carboxylic acids is 1. The molecular formula is C15H21NO5. The van der Waals surface area contributed by atoms with E-state index in [0.29, 0.717) is 36.3 Å². The number of ether oxygens (including phenoxy) is 1. The molecule has 1 aromatic carbocycles. The second kappa shape index (κ2) is 6.56. The van der Waals surface area contributed by atoms with E-state index in [1.807, 2.05) is 0 Å². The van der Waals surface area contributed by atoms with Crippen LogP contribution in [-0.4, -0.2) is 22.6 Å². The van der Waals surface area contributed by atoms with E-state index in [4.69, 9.17) is 9.84 Å². The van der Waals surface area contributed by atoms with Gasteiger partial charge in [-0.05, 0) is 52.2 Å². The third-order valence-electron chi connectivity index (χ3n) is 3.47. The summed E-state index contributed by atoms with van der Waals surface area (Å²) >= 11 is 0. The lowest BCUT2D eigenvalue weighted by Crippen LogP contribution is -2.24. The Hall–Kier alpha value is -2.11. The number of carboxylic acid groups (broad SMARTS) is 1. The number of benzene rings is 1. The maximum atomic E-state index is 11.0. The van der Waals surface area contributed by atoms with E-state index < -0.39 is 16.3 Å². The SMILES string of the molecule is Cc1cc([N+](=O)[O-])c(C)cc1OCCCC(C)(C)C(=O)O. The third-order valence-corrected chi connectivity index (χ3v) is 3.47. The van der Waals surface area contributed by atoms with Crippen LogP contribution in [0.25, 0.3) is 0 Å². The molecule has 0 atom stereocenters. The van der Waals surface area contributed by atoms with E-state index in [1.165, 1.54) is 6.07 Å². The molecule has 1 rings (SSSR count). The van der Waals surface area contributed by atoms with Crippen molar-refractivity contribution in [1.82, 2.24) is 0 Å². The second-order valence-corrected chi connectivity index (χ2v) is 5.80. The molecule has 0 unspecified atom stereocenters. The summed E-state index contributed by atoms with van der Waals surface area (Å²) in [4.78, 5) is 21.4. The number of aryl methyl sites for hydroxylation is 2. The summed E-state index contributed by atoms with van der Waals surface area (Å²) in [5, 5.41) is 19.8. The zero-order valence-corrected chi connectivity index (χ0v) is 12.8. The number of hydrogen-bond donors (Lipinski definition) is 1. The predicted octanol–water partition coefficient (Wildman–Crippen LogP) is 3.48. The summed E-state index contributed by atoms with van der Waals surface area (Å²) < 4.78 is 5.61. The van der Waals surface area contributed by atoms with Gasteiger partial charge in [-0.3, -0.25) is 14.9 Å². The van der Waals surface area contributed by atoms with Crippen molar-refractivity contribution in [3.05, 3.63) is 33.4 Å². The molecule has 0 aromatic heterocycles. The number of rotatable bonds is 7. The van der Waals surface area contributed by atoms with Crippen molar-refractivity contribution in [2.24, 2.45) is 5.41 Å². The Morgan fingerprint density at radius 3 is 2.48 bits per heavy atom. The van der Waals surface area contributed by atoms with Crippen LogP contribution in [0.3, 0.4) is 0 Å². The molecule has 6 heteroatoms. The van der Waals surface area contributed by atoms with Crippen LogP contribution < -0.4 is 4.74 Å². The number of carbonyl (C=O) groups is 1. The zero-order valence-electron chi connectivity index (χ0n) is 12.8. The van der Waals surface area contributed by atoms with Crippen molar-refractivity contribution < 1.29 is 19.6 Å². The fraction of sp³-hybridized carbons (Fsp3) is 0.533. The molecule has 0 saturated heterocycles. The van der Waals surface area contributed by atoms with Crippen LogP contribution in [0.15, 0.2) is 12.1 Å². The summed E-state index contributed by atoms with van der Waals surface area (Å²) in [6, 6.07) is 3.14. The van der Waals surface area contributed by atoms with Crippen molar-refractivity contribution in [1.29, 1.82) is 0 Å². The Morgan fingerprint density at radius 2 is 1.95 bits per heavy atom. The van der Waals surface area contributed by atoms with Gasteiger partial charge in [0.15, 0.2) is 0 Å². The maximum Gasteiger partial charge on any atom is 0.309 e. The highest BCUT2D eigenvalue weighted by Gasteiger charge is 2.26.